The van der Waals surface area contributed by atoms with Crippen LogP contribution in [0.3, 0.4) is 0 Å². The lowest BCUT2D eigenvalue weighted by Gasteiger charge is -2.36. The molecule has 1 saturated carbocycles. The van der Waals surface area contributed by atoms with Crippen LogP contribution < -0.4 is 5.73 Å². The van der Waals surface area contributed by atoms with Crippen molar-refractivity contribution < 1.29 is 5.11 Å². The van der Waals surface area contributed by atoms with Crippen LogP contribution >= 0.6 is 12.4 Å². The Kier molecular flexibility index (Phi) is 4.37. The fourth-order valence-electron chi connectivity index (χ4n) is 1.76. The zero-order valence-corrected chi connectivity index (χ0v) is 7.86. The number of hydrogen-bond acceptors (Lipinski definition) is 2. The van der Waals surface area contributed by atoms with Gasteiger partial charge < -0.3 is 10.8 Å². The molecule has 0 saturated heterocycles. The molecule has 0 aliphatic heterocycles. The maximum absolute atomic E-state index is 9.75. The van der Waals surface area contributed by atoms with Crippen LogP contribution in [0.15, 0.2) is 0 Å². The second kappa shape index (κ2) is 4.29. The molecule has 11 heavy (non-hydrogen) atoms. The molecule has 1 fully saturated rings. The fraction of sp³-hybridized carbons (Fsp3) is 1.00. The summed E-state index contributed by atoms with van der Waals surface area (Å²) in [5.41, 5.74) is 5.04. The van der Waals surface area contributed by atoms with Gasteiger partial charge in [0.2, 0.25) is 0 Å². The lowest BCUT2D eigenvalue weighted by molar-refractivity contribution is -0.0277. The van der Waals surface area contributed by atoms with E-state index in [1.807, 2.05) is 6.92 Å². The van der Waals surface area contributed by atoms with Gasteiger partial charge in [0, 0.05) is 0 Å². The van der Waals surface area contributed by atoms with Crippen LogP contribution in [-0.4, -0.2) is 17.3 Å². The van der Waals surface area contributed by atoms with Gasteiger partial charge in [-0.1, -0.05) is 12.8 Å². The third-order valence-electron chi connectivity index (χ3n) is 2.65. The Hall–Kier alpha value is 0.210. The van der Waals surface area contributed by atoms with Crippen molar-refractivity contribution in [1.82, 2.24) is 0 Å². The van der Waals surface area contributed by atoms with Crippen LogP contribution in [-0.2, 0) is 0 Å². The van der Waals surface area contributed by atoms with Gasteiger partial charge in [0.1, 0.15) is 0 Å². The van der Waals surface area contributed by atoms with Gasteiger partial charge in [0.05, 0.1) is 5.60 Å². The fourth-order valence-corrected chi connectivity index (χ4v) is 1.76. The second-order valence-electron chi connectivity index (χ2n) is 3.54. The first-order chi connectivity index (χ1) is 4.67. The molecule has 0 amide bonds. The molecular formula is C8H18ClNO. The standard InChI is InChI=1S/C8H17NO.ClH/c1-8(10)5-3-2-4-7(8)6-9;/h7,10H,2-6,9H2,1H3;1H/t7-,8-;/m0./s1. The number of hydrogen-bond donors (Lipinski definition) is 2. The third kappa shape index (κ3) is 2.62. The summed E-state index contributed by atoms with van der Waals surface area (Å²) in [5.74, 6) is 0.334. The molecule has 1 aliphatic carbocycles. The Morgan fingerprint density at radius 2 is 2.18 bits per heavy atom. The van der Waals surface area contributed by atoms with Crippen molar-refractivity contribution in [1.29, 1.82) is 0 Å². The van der Waals surface area contributed by atoms with E-state index in [0.717, 1.165) is 19.3 Å². The largest absolute Gasteiger partial charge is 0.390 e. The zero-order chi connectivity index (χ0) is 7.61. The van der Waals surface area contributed by atoms with Crippen molar-refractivity contribution in [3.63, 3.8) is 0 Å². The van der Waals surface area contributed by atoms with E-state index in [-0.39, 0.29) is 12.4 Å². The zero-order valence-electron chi connectivity index (χ0n) is 7.05. The van der Waals surface area contributed by atoms with Crippen molar-refractivity contribution in [2.45, 2.75) is 38.2 Å². The normalized spacial score (nSPS) is 37.9. The lowest BCUT2D eigenvalue weighted by atomic mass is 9.77. The molecule has 0 aromatic carbocycles. The van der Waals surface area contributed by atoms with Crippen LogP contribution in [0.5, 0.6) is 0 Å². The molecule has 0 unspecified atom stereocenters. The highest BCUT2D eigenvalue weighted by Gasteiger charge is 2.32. The molecule has 3 N–H and O–H groups in total. The van der Waals surface area contributed by atoms with Crippen molar-refractivity contribution in [3.8, 4) is 0 Å². The summed E-state index contributed by atoms with van der Waals surface area (Å²) in [5, 5.41) is 9.75. The maximum Gasteiger partial charge on any atom is 0.0659 e. The Morgan fingerprint density at radius 3 is 2.55 bits per heavy atom. The molecule has 2 nitrogen and oxygen atoms in total. The van der Waals surface area contributed by atoms with Gasteiger partial charge >= 0.3 is 0 Å². The van der Waals surface area contributed by atoms with Crippen molar-refractivity contribution in [2.24, 2.45) is 11.7 Å². The molecule has 0 heterocycles. The van der Waals surface area contributed by atoms with E-state index < -0.39 is 5.60 Å². The highest BCUT2D eigenvalue weighted by Crippen LogP contribution is 2.32. The summed E-state index contributed by atoms with van der Waals surface area (Å²) in [4.78, 5) is 0. The summed E-state index contributed by atoms with van der Waals surface area (Å²) >= 11 is 0. The predicted octanol–water partition coefficient (Wildman–Crippen LogP) is 1.31. The smallest absolute Gasteiger partial charge is 0.0659 e. The van der Waals surface area contributed by atoms with E-state index in [0.29, 0.717) is 12.5 Å². The van der Waals surface area contributed by atoms with Crippen LogP contribution in [0.4, 0.5) is 0 Å². The Labute approximate surface area is 74.6 Å². The maximum atomic E-state index is 9.75. The van der Waals surface area contributed by atoms with Gasteiger partial charge in [-0.25, -0.2) is 0 Å². The van der Waals surface area contributed by atoms with Crippen molar-refractivity contribution in [3.05, 3.63) is 0 Å². The molecule has 1 rings (SSSR count). The van der Waals surface area contributed by atoms with E-state index in [9.17, 15) is 5.11 Å². The van der Waals surface area contributed by atoms with Gasteiger partial charge in [-0.2, -0.15) is 0 Å². The van der Waals surface area contributed by atoms with E-state index in [4.69, 9.17) is 5.73 Å². The van der Waals surface area contributed by atoms with E-state index in [2.05, 4.69) is 0 Å². The average Bonchev–Trinajstić information content (AvgIpc) is 1.87. The molecule has 3 heteroatoms. The molecule has 0 aromatic rings. The first kappa shape index (κ1) is 11.2. The van der Waals surface area contributed by atoms with E-state index in [1.165, 1.54) is 6.42 Å². The van der Waals surface area contributed by atoms with Crippen LogP contribution in [0.25, 0.3) is 0 Å². The van der Waals surface area contributed by atoms with Crippen molar-refractivity contribution in [2.75, 3.05) is 6.54 Å². The van der Waals surface area contributed by atoms with Gasteiger partial charge in [0.15, 0.2) is 0 Å². The highest BCUT2D eigenvalue weighted by molar-refractivity contribution is 5.85. The third-order valence-corrected chi connectivity index (χ3v) is 2.65. The van der Waals surface area contributed by atoms with Crippen LogP contribution in [0, 0.1) is 5.92 Å². The molecule has 0 aromatic heterocycles. The van der Waals surface area contributed by atoms with Crippen LogP contribution in [0.2, 0.25) is 0 Å². The minimum absolute atomic E-state index is 0. The monoisotopic (exact) mass is 179 g/mol. The first-order valence-electron chi connectivity index (χ1n) is 4.09. The highest BCUT2D eigenvalue weighted by atomic mass is 35.5. The Balaban J connectivity index is 0.000001000. The number of aliphatic hydroxyl groups is 1. The van der Waals surface area contributed by atoms with Gasteiger partial charge in [-0.15, -0.1) is 12.4 Å². The SMILES string of the molecule is C[C@]1(O)CCCC[C@H]1CN.Cl. The number of halogens is 1. The van der Waals surface area contributed by atoms with Gasteiger partial charge in [-0.3, -0.25) is 0 Å². The summed E-state index contributed by atoms with van der Waals surface area (Å²) in [6, 6.07) is 0. The van der Waals surface area contributed by atoms with Gasteiger partial charge in [0.25, 0.3) is 0 Å². The average molecular weight is 180 g/mol. The molecule has 0 spiro atoms. The number of rotatable bonds is 1. The summed E-state index contributed by atoms with van der Waals surface area (Å²) in [7, 11) is 0. The summed E-state index contributed by atoms with van der Waals surface area (Å²) in [6.07, 6.45) is 4.42. The molecule has 0 radical (unpaired) electrons. The van der Waals surface area contributed by atoms with Gasteiger partial charge in [-0.05, 0) is 32.2 Å². The minimum atomic E-state index is -0.479. The first-order valence-corrected chi connectivity index (χ1v) is 4.09. The van der Waals surface area contributed by atoms with Crippen molar-refractivity contribution >= 4 is 12.4 Å². The van der Waals surface area contributed by atoms with E-state index in [1.54, 1.807) is 0 Å². The molecule has 68 valence electrons. The number of nitrogens with two attached hydrogens (primary N) is 1. The lowest BCUT2D eigenvalue weighted by Crippen LogP contribution is -2.41. The molecule has 2 atom stereocenters. The topological polar surface area (TPSA) is 46.2 Å². The molecular weight excluding hydrogens is 162 g/mol. The quantitative estimate of drug-likeness (QED) is 0.638. The minimum Gasteiger partial charge on any atom is -0.390 e. The van der Waals surface area contributed by atoms with E-state index >= 15 is 0 Å². The Bertz CT molecular complexity index is 117. The second-order valence-corrected chi connectivity index (χ2v) is 3.54. The predicted molar refractivity (Wildman–Crippen MR) is 48.9 cm³/mol. The molecule has 0 bridgehead atoms. The van der Waals surface area contributed by atoms with Crippen LogP contribution in [0.1, 0.15) is 32.6 Å². The summed E-state index contributed by atoms with van der Waals surface area (Å²) < 4.78 is 0. The molecule has 1 aliphatic rings. The summed E-state index contributed by atoms with van der Waals surface area (Å²) in [6.45, 7) is 2.54. The Morgan fingerprint density at radius 1 is 1.55 bits per heavy atom.